The molecule has 0 bridgehead atoms. The van der Waals surface area contributed by atoms with Crippen molar-refractivity contribution in [1.29, 1.82) is 5.26 Å². The Bertz CT molecular complexity index is 1010. The second-order valence-electron chi connectivity index (χ2n) is 4.76. The Hall–Kier alpha value is -2.92. The summed E-state index contributed by atoms with van der Waals surface area (Å²) in [6.07, 6.45) is 2.68. The van der Waals surface area contributed by atoms with Gasteiger partial charge < -0.3 is 10.7 Å². The van der Waals surface area contributed by atoms with Crippen LogP contribution in [0.4, 0.5) is 5.95 Å². The van der Waals surface area contributed by atoms with Crippen molar-refractivity contribution in [3.63, 3.8) is 0 Å². The van der Waals surface area contributed by atoms with Gasteiger partial charge in [-0.25, -0.2) is 13.4 Å². The van der Waals surface area contributed by atoms with E-state index in [0.29, 0.717) is 27.9 Å². The van der Waals surface area contributed by atoms with E-state index in [4.69, 9.17) is 5.73 Å². The molecule has 0 atom stereocenters. The second-order valence-corrected chi connectivity index (χ2v) is 6.78. The monoisotopic (exact) mass is 313 g/mol. The molecule has 7 nitrogen and oxygen atoms in total. The Labute approximate surface area is 126 Å². The summed E-state index contributed by atoms with van der Waals surface area (Å²) in [5.41, 5.74) is 7.70. The van der Waals surface area contributed by atoms with Gasteiger partial charge in [-0.3, -0.25) is 0 Å². The molecule has 0 radical (unpaired) electrons. The van der Waals surface area contributed by atoms with Crippen molar-refractivity contribution in [3.8, 4) is 17.3 Å². The third-order valence-electron chi connectivity index (χ3n) is 3.23. The van der Waals surface area contributed by atoms with Gasteiger partial charge in [-0.15, -0.1) is 0 Å². The number of fused-ring (bicyclic) bond motifs is 1. The molecule has 8 heteroatoms. The first-order chi connectivity index (χ1) is 10.4. The van der Waals surface area contributed by atoms with Gasteiger partial charge in [0.05, 0.1) is 21.5 Å². The number of rotatable bonds is 2. The van der Waals surface area contributed by atoms with Crippen LogP contribution in [0.3, 0.4) is 0 Å². The zero-order chi connectivity index (χ0) is 15.9. The van der Waals surface area contributed by atoms with Crippen LogP contribution in [-0.2, 0) is 9.84 Å². The highest BCUT2D eigenvalue weighted by molar-refractivity contribution is 7.90. The quantitative estimate of drug-likeness (QED) is 0.738. The second kappa shape index (κ2) is 4.82. The first kappa shape index (κ1) is 14.0. The lowest BCUT2D eigenvalue weighted by molar-refractivity contribution is 0.602. The van der Waals surface area contributed by atoms with Gasteiger partial charge in [0.1, 0.15) is 11.7 Å². The average Bonchev–Trinajstić information content (AvgIpc) is 2.88. The lowest BCUT2D eigenvalue weighted by atomic mass is 10.1. The van der Waals surface area contributed by atoms with Crippen molar-refractivity contribution in [2.24, 2.45) is 0 Å². The maximum Gasteiger partial charge on any atom is 0.222 e. The number of nitrogens with two attached hydrogens (primary N) is 1. The number of nitrogens with zero attached hydrogens (tertiary/aromatic N) is 3. The SMILES string of the molecule is CS(=O)(=O)c1ccc(-c2nc(N)nc3[nH]cc(C#N)c23)cc1. The number of nitrogens with one attached hydrogen (secondary N) is 1. The van der Waals surface area contributed by atoms with Crippen LogP contribution in [0.15, 0.2) is 35.4 Å². The zero-order valence-electron chi connectivity index (χ0n) is 11.5. The summed E-state index contributed by atoms with van der Waals surface area (Å²) < 4.78 is 23.0. The smallest absolute Gasteiger partial charge is 0.222 e. The number of nitriles is 1. The van der Waals surface area contributed by atoms with Crippen LogP contribution < -0.4 is 5.73 Å². The van der Waals surface area contributed by atoms with Crippen molar-refractivity contribution < 1.29 is 8.42 Å². The van der Waals surface area contributed by atoms with Crippen LogP contribution in [0.25, 0.3) is 22.3 Å². The molecule has 0 aliphatic heterocycles. The van der Waals surface area contributed by atoms with Gasteiger partial charge in [0.2, 0.25) is 5.95 Å². The molecular weight excluding hydrogens is 302 g/mol. The number of nitrogen functional groups attached to an aromatic ring is 1. The molecular formula is C14H11N5O2S. The normalized spacial score (nSPS) is 11.5. The largest absolute Gasteiger partial charge is 0.368 e. The van der Waals surface area contributed by atoms with Crippen molar-refractivity contribution in [3.05, 3.63) is 36.0 Å². The number of H-pyrrole nitrogens is 1. The molecule has 0 unspecified atom stereocenters. The number of hydrogen-bond donors (Lipinski definition) is 2. The van der Waals surface area contributed by atoms with Gasteiger partial charge in [-0.2, -0.15) is 10.2 Å². The Balaban J connectivity index is 2.26. The van der Waals surface area contributed by atoms with E-state index >= 15 is 0 Å². The highest BCUT2D eigenvalue weighted by Gasteiger charge is 2.15. The molecule has 3 N–H and O–H groups in total. The van der Waals surface area contributed by atoms with Crippen LogP contribution in [0.2, 0.25) is 0 Å². The van der Waals surface area contributed by atoms with Crippen LogP contribution in [0.5, 0.6) is 0 Å². The van der Waals surface area contributed by atoms with E-state index in [1.165, 1.54) is 18.3 Å². The first-order valence-corrected chi connectivity index (χ1v) is 8.14. The van der Waals surface area contributed by atoms with E-state index in [2.05, 4.69) is 21.0 Å². The molecule has 0 saturated heterocycles. The van der Waals surface area contributed by atoms with Crippen molar-refractivity contribution in [1.82, 2.24) is 15.0 Å². The van der Waals surface area contributed by atoms with Gasteiger partial charge >= 0.3 is 0 Å². The number of sulfone groups is 1. The summed E-state index contributed by atoms with van der Waals surface area (Å²) in [4.78, 5) is 11.3. The van der Waals surface area contributed by atoms with Crippen LogP contribution in [0, 0.1) is 11.3 Å². The van der Waals surface area contributed by atoms with Crippen LogP contribution >= 0.6 is 0 Å². The Morgan fingerprint density at radius 3 is 2.50 bits per heavy atom. The summed E-state index contributed by atoms with van der Waals surface area (Å²) in [6.45, 7) is 0. The molecule has 0 amide bonds. The van der Waals surface area contributed by atoms with Gasteiger partial charge in [-0.05, 0) is 12.1 Å². The van der Waals surface area contributed by atoms with Gasteiger partial charge in [0, 0.05) is 18.0 Å². The molecule has 0 aliphatic rings. The fraction of sp³-hybridized carbons (Fsp3) is 0.0714. The van der Waals surface area contributed by atoms with E-state index in [1.54, 1.807) is 12.1 Å². The molecule has 0 fully saturated rings. The van der Waals surface area contributed by atoms with E-state index in [9.17, 15) is 13.7 Å². The zero-order valence-corrected chi connectivity index (χ0v) is 12.3. The molecule has 2 heterocycles. The summed E-state index contributed by atoms with van der Waals surface area (Å²) in [6, 6.07) is 8.32. The average molecular weight is 313 g/mol. The third kappa shape index (κ3) is 2.27. The molecule has 0 spiro atoms. The molecule has 22 heavy (non-hydrogen) atoms. The number of anilines is 1. The summed E-state index contributed by atoms with van der Waals surface area (Å²) in [5.74, 6) is 0.0704. The standard InChI is InChI=1S/C14H11N5O2S/c1-22(20,21)10-4-2-8(3-5-10)12-11-9(6-15)7-17-13(11)19-14(16)18-12/h2-5,7H,1H3,(H3,16,17,18,19). The molecule has 0 aliphatic carbocycles. The van der Waals surface area contributed by atoms with E-state index in [0.717, 1.165) is 6.26 Å². The topological polar surface area (TPSA) is 126 Å². The predicted molar refractivity (Wildman–Crippen MR) is 81.6 cm³/mol. The summed E-state index contributed by atoms with van der Waals surface area (Å²) in [5, 5.41) is 9.74. The molecule has 3 rings (SSSR count). The predicted octanol–water partition coefficient (Wildman–Crippen LogP) is 1.48. The van der Waals surface area contributed by atoms with Gasteiger partial charge in [-0.1, -0.05) is 12.1 Å². The van der Waals surface area contributed by atoms with Gasteiger partial charge in [0.25, 0.3) is 0 Å². The van der Waals surface area contributed by atoms with Crippen molar-refractivity contribution >= 4 is 26.8 Å². The molecule has 1 aromatic carbocycles. The first-order valence-electron chi connectivity index (χ1n) is 6.25. The lowest BCUT2D eigenvalue weighted by Crippen LogP contribution is -1.99. The van der Waals surface area contributed by atoms with Crippen molar-refractivity contribution in [2.75, 3.05) is 12.0 Å². The van der Waals surface area contributed by atoms with Gasteiger partial charge in [0.15, 0.2) is 9.84 Å². The molecule has 110 valence electrons. The molecule has 0 saturated carbocycles. The van der Waals surface area contributed by atoms with Crippen LogP contribution in [0.1, 0.15) is 5.56 Å². The Morgan fingerprint density at radius 1 is 1.23 bits per heavy atom. The molecule has 2 aromatic heterocycles. The number of benzene rings is 1. The number of aromatic amines is 1. The third-order valence-corrected chi connectivity index (χ3v) is 4.35. The minimum atomic E-state index is -3.27. The van der Waals surface area contributed by atoms with Crippen molar-refractivity contribution in [2.45, 2.75) is 4.90 Å². The van der Waals surface area contributed by atoms with E-state index in [1.807, 2.05) is 0 Å². The summed E-state index contributed by atoms with van der Waals surface area (Å²) in [7, 11) is -3.27. The van der Waals surface area contributed by atoms with Crippen LogP contribution in [-0.4, -0.2) is 29.6 Å². The lowest BCUT2D eigenvalue weighted by Gasteiger charge is -2.05. The fourth-order valence-electron chi connectivity index (χ4n) is 2.21. The Morgan fingerprint density at radius 2 is 1.91 bits per heavy atom. The highest BCUT2D eigenvalue weighted by Crippen LogP contribution is 2.29. The number of hydrogen-bond acceptors (Lipinski definition) is 6. The minimum Gasteiger partial charge on any atom is -0.368 e. The minimum absolute atomic E-state index is 0.0704. The maximum atomic E-state index is 11.5. The maximum absolute atomic E-state index is 11.5. The van der Waals surface area contributed by atoms with E-state index < -0.39 is 9.84 Å². The van der Waals surface area contributed by atoms with E-state index in [-0.39, 0.29) is 10.8 Å². The number of aromatic nitrogens is 3. The Kier molecular flexibility index (Phi) is 3.08. The fourth-order valence-corrected chi connectivity index (χ4v) is 2.84. The molecule has 3 aromatic rings. The highest BCUT2D eigenvalue weighted by atomic mass is 32.2. The summed E-state index contributed by atoms with van der Waals surface area (Å²) >= 11 is 0.